The first-order valence-electron chi connectivity index (χ1n) is 3.66. The van der Waals surface area contributed by atoms with Crippen molar-refractivity contribution in [1.82, 2.24) is 4.37 Å². The van der Waals surface area contributed by atoms with Crippen LogP contribution >= 0.6 is 23.3 Å². The van der Waals surface area contributed by atoms with E-state index in [9.17, 15) is 0 Å². The van der Waals surface area contributed by atoms with Crippen LogP contribution < -0.4 is 4.90 Å². The summed E-state index contributed by atoms with van der Waals surface area (Å²) in [7, 11) is 0. The first-order valence-corrected chi connectivity index (χ1v) is 5.38. The summed E-state index contributed by atoms with van der Waals surface area (Å²) in [5, 5.41) is 1.99. The zero-order valence-corrected chi connectivity index (χ0v) is 8.58. The van der Waals surface area contributed by atoms with Gasteiger partial charge in [0, 0.05) is 16.0 Å². The van der Waals surface area contributed by atoms with Crippen LogP contribution in [0.5, 0.6) is 0 Å². The van der Waals surface area contributed by atoms with Crippen LogP contribution in [0.25, 0.3) is 0 Å². The molecular formula is C8H9N2S2. The second kappa shape index (κ2) is 3.11. The number of hydrogen-bond acceptors (Lipinski definition) is 4. The molecular weight excluding hydrogens is 188 g/mol. The summed E-state index contributed by atoms with van der Waals surface area (Å²) in [6.45, 7) is 4.24. The van der Waals surface area contributed by atoms with Gasteiger partial charge in [-0.15, -0.1) is 11.8 Å². The van der Waals surface area contributed by atoms with E-state index in [1.54, 1.807) is 11.8 Å². The third-order valence-electron chi connectivity index (χ3n) is 1.88. The monoisotopic (exact) mass is 197 g/mol. The van der Waals surface area contributed by atoms with Crippen LogP contribution in [0.3, 0.4) is 0 Å². The van der Waals surface area contributed by atoms with Gasteiger partial charge < -0.3 is 4.90 Å². The molecule has 0 saturated heterocycles. The van der Waals surface area contributed by atoms with E-state index in [1.807, 2.05) is 11.4 Å². The zero-order valence-electron chi connectivity index (χ0n) is 6.94. The molecule has 0 saturated carbocycles. The average molecular weight is 197 g/mol. The van der Waals surface area contributed by atoms with Crippen LogP contribution in [0.4, 0.5) is 5.82 Å². The van der Waals surface area contributed by atoms with Crippen molar-refractivity contribution in [3.63, 3.8) is 0 Å². The van der Waals surface area contributed by atoms with E-state index in [1.165, 1.54) is 22.1 Å². The maximum absolute atomic E-state index is 4.27. The highest BCUT2D eigenvalue weighted by molar-refractivity contribution is 8.05. The molecule has 2 nitrogen and oxygen atoms in total. The van der Waals surface area contributed by atoms with E-state index in [4.69, 9.17) is 0 Å². The molecule has 2 heterocycles. The summed E-state index contributed by atoms with van der Waals surface area (Å²) in [4.78, 5) is 3.47. The van der Waals surface area contributed by atoms with Crippen molar-refractivity contribution in [2.75, 3.05) is 4.90 Å². The molecule has 1 radical (unpaired) electrons. The number of nitrogens with zero attached hydrogens (tertiary/aromatic N) is 2. The third kappa shape index (κ3) is 1.25. The maximum atomic E-state index is 4.27. The molecule has 2 rings (SSSR count). The molecule has 0 spiro atoms. The van der Waals surface area contributed by atoms with Crippen molar-refractivity contribution >= 4 is 29.1 Å². The minimum atomic E-state index is 1.03. The van der Waals surface area contributed by atoms with Crippen LogP contribution in [0.1, 0.15) is 13.8 Å². The van der Waals surface area contributed by atoms with Gasteiger partial charge in [-0.1, -0.05) is 0 Å². The number of hydrogen-bond donors (Lipinski definition) is 0. The summed E-state index contributed by atoms with van der Waals surface area (Å²) in [6, 6.07) is 2.03. The lowest BCUT2D eigenvalue weighted by Crippen LogP contribution is -2.11. The summed E-state index contributed by atoms with van der Waals surface area (Å²) < 4.78 is 4.27. The highest BCUT2D eigenvalue weighted by atomic mass is 32.2. The van der Waals surface area contributed by atoms with E-state index in [2.05, 4.69) is 29.0 Å². The van der Waals surface area contributed by atoms with Crippen molar-refractivity contribution < 1.29 is 0 Å². The Bertz CT molecular complexity index is 303. The molecule has 0 aromatic carbocycles. The van der Waals surface area contributed by atoms with Gasteiger partial charge in [-0.3, -0.25) is 0 Å². The van der Waals surface area contributed by atoms with Gasteiger partial charge in [0.15, 0.2) is 0 Å². The summed E-state index contributed by atoms with van der Waals surface area (Å²) in [6.07, 6.45) is 0. The lowest BCUT2D eigenvalue weighted by atomic mass is 10.4. The molecule has 1 aromatic rings. The Labute approximate surface area is 80.4 Å². The molecule has 0 fully saturated rings. The predicted molar refractivity (Wildman–Crippen MR) is 54.9 cm³/mol. The van der Waals surface area contributed by atoms with Crippen LogP contribution in [-0.2, 0) is 0 Å². The number of thioether (sulfide) groups is 1. The fourth-order valence-electron chi connectivity index (χ4n) is 1.02. The van der Waals surface area contributed by atoms with E-state index < -0.39 is 0 Å². The Morgan fingerprint density at radius 3 is 2.75 bits per heavy atom. The highest BCUT2D eigenvalue weighted by Gasteiger charge is 2.19. The summed E-state index contributed by atoms with van der Waals surface area (Å²) in [5.41, 5.74) is 1.28. The van der Waals surface area contributed by atoms with E-state index in [-0.39, 0.29) is 0 Å². The van der Waals surface area contributed by atoms with Crippen LogP contribution in [0.2, 0.25) is 0 Å². The van der Waals surface area contributed by atoms with E-state index >= 15 is 0 Å². The Hall–Kier alpha value is -0.480. The third-order valence-corrected chi connectivity index (χ3v) is 3.39. The van der Waals surface area contributed by atoms with E-state index in [0.717, 1.165) is 5.82 Å². The maximum Gasteiger partial charge on any atom is 0.147 e. The second-order valence-corrected chi connectivity index (χ2v) is 4.32. The van der Waals surface area contributed by atoms with Crippen molar-refractivity contribution in [3.8, 4) is 0 Å². The molecule has 0 bridgehead atoms. The van der Waals surface area contributed by atoms with Crippen molar-refractivity contribution in [3.05, 3.63) is 27.9 Å². The Kier molecular flexibility index (Phi) is 2.11. The zero-order chi connectivity index (χ0) is 8.55. The molecule has 1 aliphatic heterocycles. The molecule has 1 aromatic heterocycles. The van der Waals surface area contributed by atoms with E-state index in [0.29, 0.717) is 0 Å². The predicted octanol–water partition coefficient (Wildman–Crippen LogP) is 3.07. The molecule has 0 unspecified atom stereocenters. The van der Waals surface area contributed by atoms with Gasteiger partial charge in [0.2, 0.25) is 0 Å². The molecule has 1 aliphatic rings. The summed E-state index contributed by atoms with van der Waals surface area (Å²) >= 11 is 3.24. The number of rotatable bonds is 1. The molecule has 0 aliphatic carbocycles. The minimum Gasteiger partial charge on any atom is -0.313 e. The lowest BCUT2D eigenvalue weighted by Gasteiger charge is -2.14. The SMILES string of the molecule is CC1=C(C)N(c2ccsn2)[CH]S1. The molecule has 12 heavy (non-hydrogen) atoms. The van der Waals surface area contributed by atoms with Gasteiger partial charge in [-0.2, -0.15) is 4.37 Å². The van der Waals surface area contributed by atoms with Gasteiger partial charge in [0.05, 0.1) is 0 Å². The Morgan fingerprint density at radius 1 is 1.42 bits per heavy atom. The Morgan fingerprint density at radius 2 is 2.25 bits per heavy atom. The van der Waals surface area contributed by atoms with Gasteiger partial charge in [-0.05, 0) is 31.4 Å². The van der Waals surface area contributed by atoms with Crippen LogP contribution in [0.15, 0.2) is 22.0 Å². The standard InChI is InChI=1S/C8H9N2S2/c1-6-7(2)11-5-10(6)8-3-4-12-9-8/h3-5H,1-2H3. The largest absolute Gasteiger partial charge is 0.313 e. The van der Waals surface area contributed by atoms with Gasteiger partial charge >= 0.3 is 0 Å². The number of aromatic nitrogens is 1. The fraction of sp³-hybridized carbons (Fsp3) is 0.250. The molecule has 4 heteroatoms. The topological polar surface area (TPSA) is 16.1 Å². The molecule has 63 valence electrons. The van der Waals surface area contributed by atoms with Crippen LogP contribution in [0, 0.1) is 5.88 Å². The molecule has 0 N–H and O–H groups in total. The summed E-state index contributed by atoms with van der Waals surface area (Å²) in [5.74, 6) is 3.13. The normalized spacial score (nSPS) is 17.7. The lowest BCUT2D eigenvalue weighted by molar-refractivity contribution is 1.11. The van der Waals surface area contributed by atoms with Crippen molar-refractivity contribution in [2.24, 2.45) is 0 Å². The Balaban J connectivity index is 2.28. The van der Waals surface area contributed by atoms with Gasteiger partial charge in [-0.25, -0.2) is 0 Å². The molecule has 0 atom stereocenters. The first-order chi connectivity index (χ1) is 5.79. The van der Waals surface area contributed by atoms with Crippen LogP contribution in [-0.4, -0.2) is 4.37 Å². The van der Waals surface area contributed by atoms with Crippen molar-refractivity contribution in [2.45, 2.75) is 13.8 Å². The average Bonchev–Trinajstić information content (AvgIpc) is 2.64. The smallest absolute Gasteiger partial charge is 0.147 e. The van der Waals surface area contributed by atoms with Crippen molar-refractivity contribution in [1.29, 1.82) is 0 Å². The number of anilines is 1. The van der Waals surface area contributed by atoms with Gasteiger partial charge in [0.25, 0.3) is 0 Å². The molecule has 0 amide bonds. The number of allylic oxidation sites excluding steroid dienone is 2. The minimum absolute atomic E-state index is 1.03. The second-order valence-electron chi connectivity index (χ2n) is 2.59. The highest BCUT2D eigenvalue weighted by Crippen LogP contribution is 2.37. The first kappa shape index (κ1) is 8.13. The fourth-order valence-corrected chi connectivity index (χ4v) is 2.32. The van der Waals surface area contributed by atoms with Gasteiger partial charge in [0.1, 0.15) is 11.7 Å². The quantitative estimate of drug-likeness (QED) is 0.688.